The molecule has 1 aliphatic heterocycles. The second-order valence-electron chi connectivity index (χ2n) is 8.85. The number of aromatic nitrogens is 3. The van der Waals surface area contributed by atoms with Crippen molar-refractivity contribution in [3.63, 3.8) is 0 Å². The van der Waals surface area contributed by atoms with Gasteiger partial charge in [0, 0.05) is 56.3 Å². The molecule has 168 valence electrons. The summed E-state index contributed by atoms with van der Waals surface area (Å²) in [5, 5.41) is 6.84. The van der Waals surface area contributed by atoms with Crippen LogP contribution < -0.4 is 4.74 Å². The van der Waals surface area contributed by atoms with Gasteiger partial charge in [-0.05, 0) is 36.5 Å². The third-order valence-electron chi connectivity index (χ3n) is 6.34. The molecule has 7 nitrogen and oxygen atoms in total. The van der Waals surface area contributed by atoms with E-state index < -0.39 is 0 Å². The first-order valence-corrected chi connectivity index (χ1v) is 12.1. The average molecular weight is 452 g/mol. The standard InChI is InChI=1S/C24H29N5O2S/c1-27(13-19-15-32-16-25-19)24(30)23-21-14-28(11-17-5-7-20(31-2)8-6-17)10-9-22(21)29(26-23)12-18-3-4-18/h5-8,15-16,18H,3-4,9-14H2,1-2H3. The fourth-order valence-electron chi connectivity index (χ4n) is 4.35. The molecule has 2 aromatic heterocycles. The van der Waals surface area contributed by atoms with E-state index >= 15 is 0 Å². The van der Waals surface area contributed by atoms with Gasteiger partial charge in [-0.3, -0.25) is 14.4 Å². The summed E-state index contributed by atoms with van der Waals surface area (Å²) in [6.45, 7) is 4.00. The molecule has 1 aromatic carbocycles. The summed E-state index contributed by atoms with van der Waals surface area (Å²) < 4.78 is 7.40. The van der Waals surface area contributed by atoms with Crippen LogP contribution in [-0.2, 0) is 32.6 Å². The molecule has 2 aliphatic rings. The summed E-state index contributed by atoms with van der Waals surface area (Å²) in [5.74, 6) is 1.56. The van der Waals surface area contributed by atoms with Crippen LogP contribution in [0.25, 0.3) is 0 Å². The Hall–Kier alpha value is -2.71. The van der Waals surface area contributed by atoms with Crippen LogP contribution in [0.1, 0.15) is 45.8 Å². The third-order valence-corrected chi connectivity index (χ3v) is 6.97. The Kier molecular flexibility index (Phi) is 5.97. The molecule has 0 saturated heterocycles. The van der Waals surface area contributed by atoms with Crippen molar-refractivity contribution in [2.45, 2.75) is 45.4 Å². The molecule has 1 aliphatic carbocycles. The van der Waals surface area contributed by atoms with Crippen molar-refractivity contribution >= 4 is 17.2 Å². The minimum atomic E-state index is -0.0184. The summed E-state index contributed by atoms with van der Waals surface area (Å²) in [6, 6.07) is 8.22. The van der Waals surface area contributed by atoms with Gasteiger partial charge in [0.1, 0.15) is 5.75 Å². The van der Waals surface area contributed by atoms with E-state index in [-0.39, 0.29) is 5.91 Å². The molecule has 0 atom stereocenters. The Balaban J connectivity index is 1.37. The van der Waals surface area contributed by atoms with Crippen molar-refractivity contribution in [1.82, 2.24) is 24.6 Å². The van der Waals surface area contributed by atoms with Crippen LogP contribution in [-0.4, -0.2) is 51.2 Å². The predicted octanol–water partition coefficient (Wildman–Crippen LogP) is 3.59. The maximum Gasteiger partial charge on any atom is 0.274 e. The molecule has 1 saturated carbocycles. The minimum Gasteiger partial charge on any atom is -0.497 e. The van der Waals surface area contributed by atoms with Crippen LogP contribution in [0.15, 0.2) is 35.2 Å². The number of nitrogens with zero attached hydrogens (tertiary/aromatic N) is 5. The lowest BCUT2D eigenvalue weighted by molar-refractivity contribution is 0.0774. The van der Waals surface area contributed by atoms with Gasteiger partial charge in [-0.2, -0.15) is 5.10 Å². The highest BCUT2D eigenvalue weighted by molar-refractivity contribution is 7.07. The number of methoxy groups -OCH3 is 1. The number of hydrogen-bond donors (Lipinski definition) is 0. The maximum atomic E-state index is 13.4. The SMILES string of the molecule is COc1ccc(CN2CCc3c(c(C(=O)N(C)Cc4cscn4)nn3CC3CC3)C2)cc1. The van der Waals surface area contributed by atoms with Crippen LogP contribution in [0.4, 0.5) is 0 Å². The highest BCUT2D eigenvalue weighted by Crippen LogP contribution is 2.33. The molecule has 32 heavy (non-hydrogen) atoms. The number of carbonyl (C=O) groups excluding carboxylic acids is 1. The molecular weight excluding hydrogens is 422 g/mol. The van der Waals surface area contributed by atoms with E-state index in [0.29, 0.717) is 18.2 Å². The van der Waals surface area contributed by atoms with Gasteiger partial charge in [-0.25, -0.2) is 4.98 Å². The van der Waals surface area contributed by atoms with Crippen LogP contribution in [0.2, 0.25) is 0 Å². The number of thiazole rings is 1. The first-order valence-electron chi connectivity index (χ1n) is 11.2. The molecule has 0 bridgehead atoms. The fourth-order valence-corrected chi connectivity index (χ4v) is 4.90. The largest absolute Gasteiger partial charge is 0.497 e. The topological polar surface area (TPSA) is 63.5 Å². The molecular formula is C24H29N5O2S. The first-order chi connectivity index (χ1) is 15.6. The summed E-state index contributed by atoms with van der Waals surface area (Å²) in [7, 11) is 3.52. The van der Waals surface area contributed by atoms with Gasteiger partial charge < -0.3 is 9.64 Å². The molecule has 8 heteroatoms. The summed E-state index contributed by atoms with van der Waals surface area (Å²) >= 11 is 1.55. The van der Waals surface area contributed by atoms with Crippen LogP contribution in [0.3, 0.4) is 0 Å². The van der Waals surface area contributed by atoms with Crippen molar-refractivity contribution in [3.8, 4) is 5.75 Å². The van der Waals surface area contributed by atoms with Gasteiger partial charge in [-0.1, -0.05) is 12.1 Å². The summed E-state index contributed by atoms with van der Waals surface area (Å²) in [6.07, 6.45) is 3.46. The number of rotatable bonds is 8. The zero-order chi connectivity index (χ0) is 22.1. The van der Waals surface area contributed by atoms with E-state index in [2.05, 4.69) is 26.7 Å². The zero-order valence-corrected chi connectivity index (χ0v) is 19.5. The van der Waals surface area contributed by atoms with Crippen LogP contribution >= 0.6 is 11.3 Å². The average Bonchev–Trinajstić information content (AvgIpc) is 3.34. The molecule has 0 unspecified atom stereocenters. The highest BCUT2D eigenvalue weighted by Gasteiger charge is 2.32. The maximum absolute atomic E-state index is 13.4. The Morgan fingerprint density at radius 1 is 1.28 bits per heavy atom. The Morgan fingerprint density at radius 3 is 2.78 bits per heavy atom. The van der Waals surface area contributed by atoms with Gasteiger partial charge >= 0.3 is 0 Å². The van der Waals surface area contributed by atoms with Gasteiger partial charge in [0.25, 0.3) is 5.91 Å². The Labute approximate surface area is 192 Å². The van der Waals surface area contributed by atoms with Gasteiger partial charge in [0.05, 0.1) is 24.9 Å². The Bertz CT molecular complexity index is 1070. The second kappa shape index (κ2) is 9.03. The molecule has 3 heterocycles. The molecule has 0 radical (unpaired) electrons. The van der Waals surface area contributed by atoms with Crippen molar-refractivity contribution in [3.05, 3.63) is 63.4 Å². The fraction of sp³-hybridized carbons (Fsp3) is 0.458. The van der Waals surface area contributed by atoms with E-state index in [0.717, 1.165) is 49.6 Å². The lowest BCUT2D eigenvalue weighted by Gasteiger charge is -2.28. The number of amides is 1. The van der Waals surface area contributed by atoms with Crippen LogP contribution in [0.5, 0.6) is 5.75 Å². The van der Waals surface area contributed by atoms with E-state index in [4.69, 9.17) is 9.84 Å². The number of ether oxygens (including phenoxy) is 1. The van der Waals surface area contributed by atoms with E-state index in [1.165, 1.54) is 24.1 Å². The monoisotopic (exact) mass is 451 g/mol. The van der Waals surface area contributed by atoms with Crippen molar-refractivity contribution in [1.29, 1.82) is 0 Å². The van der Waals surface area contributed by atoms with Gasteiger partial charge in [-0.15, -0.1) is 11.3 Å². The molecule has 5 rings (SSSR count). The lowest BCUT2D eigenvalue weighted by atomic mass is 10.0. The molecule has 0 spiro atoms. The quantitative estimate of drug-likeness (QED) is 0.524. The van der Waals surface area contributed by atoms with Crippen LogP contribution in [0, 0.1) is 5.92 Å². The first kappa shape index (κ1) is 21.2. The second-order valence-corrected chi connectivity index (χ2v) is 9.57. The zero-order valence-electron chi connectivity index (χ0n) is 18.7. The molecule has 3 aromatic rings. The number of hydrogen-bond acceptors (Lipinski definition) is 6. The van der Waals surface area contributed by atoms with E-state index in [1.54, 1.807) is 28.9 Å². The lowest BCUT2D eigenvalue weighted by Crippen LogP contribution is -2.33. The Morgan fingerprint density at radius 2 is 2.09 bits per heavy atom. The van der Waals surface area contributed by atoms with Gasteiger partial charge in [0.2, 0.25) is 0 Å². The smallest absolute Gasteiger partial charge is 0.274 e. The minimum absolute atomic E-state index is 0.0184. The van der Waals surface area contributed by atoms with Gasteiger partial charge in [0.15, 0.2) is 5.69 Å². The summed E-state index contributed by atoms with van der Waals surface area (Å²) in [5.41, 5.74) is 6.91. The van der Waals surface area contributed by atoms with Crippen molar-refractivity contribution in [2.75, 3.05) is 20.7 Å². The molecule has 0 N–H and O–H groups in total. The predicted molar refractivity (Wildman–Crippen MR) is 124 cm³/mol. The molecule has 1 amide bonds. The van der Waals surface area contributed by atoms with Crippen molar-refractivity contribution in [2.24, 2.45) is 5.92 Å². The van der Waals surface area contributed by atoms with E-state index in [1.807, 2.05) is 24.6 Å². The summed E-state index contributed by atoms with van der Waals surface area (Å²) in [4.78, 5) is 21.9. The number of benzene rings is 1. The third kappa shape index (κ3) is 4.56. The van der Waals surface area contributed by atoms with Crippen molar-refractivity contribution < 1.29 is 9.53 Å². The normalized spacial score (nSPS) is 16.1. The number of carbonyl (C=O) groups is 1. The highest BCUT2D eigenvalue weighted by atomic mass is 32.1. The molecule has 1 fully saturated rings. The van der Waals surface area contributed by atoms with E-state index in [9.17, 15) is 4.79 Å². The number of fused-ring (bicyclic) bond motifs is 1.